The first-order valence-electron chi connectivity index (χ1n) is 8.99. The fraction of sp³-hybridized carbons (Fsp3) is 0.300. The largest absolute Gasteiger partial charge is 0.341 e. The lowest BCUT2D eigenvalue weighted by atomic mass is 9.99. The van der Waals surface area contributed by atoms with Gasteiger partial charge in [-0.05, 0) is 49.2 Å². The zero-order valence-electron chi connectivity index (χ0n) is 15.4. The fourth-order valence-corrected chi connectivity index (χ4v) is 4.00. The molecule has 1 aromatic heterocycles. The summed E-state index contributed by atoms with van der Waals surface area (Å²) in [5.74, 6) is 0.547. The summed E-state index contributed by atoms with van der Waals surface area (Å²) in [6.45, 7) is 3.43. The predicted octanol–water partition coefficient (Wildman–Crippen LogP) is 4.20. The molecule has 2 heterocycles. The first-order chi connectivity index (χ1) is 13.1. The van der Waals surface area contributed by atoms with Gasteiger partial charge in [-0.15, -0.1) is 24.2 Å². The number of fused-ring (bicyclic) bond motifs is 2. The van der Waals surface area contributed by atoms with Crippen molar-refractivity contribution in [2.75, 3.05) is 17.6 Å². The molecule has 2 aromatic carbocycles. The average Bonchev–Trinajstić information content (AvgIpc) is 3.13. The fourth-order valence-electron chi connectivity index (χ4n) is 3.26. The van der Waals surface area contributed by atoms with Gasteiger partial charge in [0.1, 0.15) is 11.6 Å². The number of thioether (sulfide) groups is 1. The van der Waals surface area contributed by atoms with Crippen molar-refractivity contribution in [1.82, 2.24) is 15.3 Å². The Morgan fingerprint density at radius 1 is 1.32 bits per heavy atom. The zero-order valence-corrected chi connectivity index (χ0v) is 17.1. The van der Waals surface area contributed by atoms with Crippen LogP contribution in [-0.4, -0.2) is 28.2 Å². The summed E-state index contributed by atoms with van der Waals surface area (Å²) in [6.07, 6.45) is 0.642. The minimum Gasteiger partial charge on any atom is -0.341 e. The zero-order chi connectivity index (χ0) is 18.8. The van der Waals surface area contributed by atoms with Crippen molar-refractivity contribution in [3.8, 4) is 0 Å². The predicted molar refractivity (Wildman–Crippen MR) is 115 cm³/mol. The molecule has 8 heteroatoms. The highest BCUT2D eigenvalue weighted by Crippen LogP contribution is 2.28. The van der Waals surface area contributed by atoms with Crippen LogP contribution < -0.4 is 10.6 Å². The summed E-state index contributed by atoms with van der Waals surface area (Å²) in [6, 6.07) is 11.4. The molecular weight excluding hydrogens is 399 g/mol. The van der Waals surface area contributed by atoms with Gasteiger partial charge in [-0.25, -0.2) is 9.37 Å². The summed E-state index contributed by atoms with van der Waals surface area (Å²) in [5.41, 5.74) is 3.82. The lowest BCUT2D eigenvalue weighted by Gasteiger charge is -2.19. The van der Waals surface area contributed by atoms with Crippen LogP contribution in [0.3, 0.4) is 0 Å². The van der Waals surface area contributed by atoms with E-state index in [0.29, 0.717) is 18.5 Å². The highest BCUT2D eigenvalue weighted by atomic mass is 35.5. The van der Waals surface area contributed by atoms with Crippen LogP contribution in [0.2, 0.25) is 0 Å². The number of halogens is 2. The number of aromatic amines is 1. The van der Waals surface area contributed by atoms with Crippen LogP contribution in [0, 0.1) is 5.82 Å². The molecule has 0 saturated carbocycles. The van der Waals surface area contributed by atoms with Crippen LogP contribution in [0.25, 0.3) is 11.0 Å². The molecule has 148 valence electrons. The van der Waals surface area contributed by atoms with E-state index in [1.54, 1.807) is 6.07 Å². The Hall–Kier alpha value is -2.09. The third-order valence-corrected chi connectivity index (χ3v) is 5.89. The SMILES string of the molecule is CC(SCC(=O)Nc1ccc2c(c1F)CCNC2)c1nc2ccccc2[nH]1.Cl. The molecule has 5 nitrogen and oxygen atoms in total. The molecule has 3 aromatic rings. The second-order valence-electron chi connectivity index (χ2n) is 6.63. The molecule has 0 saturated heterocycles. The van der Waals surface area contributed by atoms with E-state index < -0.39 is 0 Å². The standard InChI is InChI=1S/C20H21FN4OS.ClH/c1-12(20-24-15-4-2-3-5-16(15)25-20)27-11-18(26)23-17-7-6-13-10-22-9-8-14(13)19(17)21;/h2-7,12,22H,8-11H2,1H3,(H,23,26)(H,24,25);1H. The van der Waals surface area contributed by atoms with Crippen LogP contribution in [0.4, 0.5) is 10.1 Å². The number of hydrogen-bond donors (Lipinski definition) is 3. The lowest BCUT2D eigenvalue weighted by molar-refractivity contribution is -0.113. The second-order valence-corrected chi connectivity index (χ2v) is 7.96. The summed E-state index contributed by atoms with van der Waals surface area (Å²) in [4.78, 5) is 20.1. The van der Waals surface area contributed by atoms with Crippen molar-refractivity contribution in [3.63, 3.8) is 0 Å². The number of benzene rings is 2. The monoisotopic (exact) mass is 420 g/mol. The van der Waals surface area contributed by atoms with E-state index >= 15 is 0 Å². The highest BCUT2D eigenvalue weighted by Gasteiger charge is 2.18. The topological polar surface area (TPSA) is 69.8 Å². The van der Waals surface area contributed by atoms with E-state index in [0.717, 1.165) is 29.0 Å². The molecule has 1 aliphatic rings. The Labute approximate surface area is 173 Å². The van der Waals surface area contributed by atoms with E-state index in [-0.39, 0.29) is 40.8 Å². The minimum absolute atomic E-state index is 0. The molecule has 0 aliphatic carbocycles. The number of nitrogens with zero attached hydrogens (tertiary/aromatic N) is 1. The van der Waals surface area contributed by atoms with Gasteiger partial charge >= 0.3 is 0 Å². The molecule has 28 heavy (non-hydrogen) atoms. The van der Waals surface area contributed by atoms with Crippen molar-refractivity contribution in [2.45, 2.75) is 25.1 Å². The quantitative estimate of drug-likeness (QED) is 0.578. The number of carbonyl (C=O) groups excluding carboxylic acids is 1. The van der Waals surface area contributed by atoms with E-state index in [4.69, 9.17) is 0 Å². The summed E-state index contributed by atoms with van der Waals surface area (Å²) in [5, 5.41) is 5.96. The van der Waals surface area contributed by atoms with Gasteiger partial charge in [0, 0.05) is 6.54 Å². The summed E-state index contributed by atoms with van der Waals surface area (Å²) in [7, 11) is 0. The van der Waals surface area contributed by atoms with Crippen molar-refractivity contribution >= 4 is 46.8 Å². The normalized spacial score (nSPS) is 14.2. The van der Waals surface area contributed by atoms with Gasteiger partial charge in [0.05, 0.1) is 27.7 Å². The highest BCUT2D eigenvalue weighted by molar-refractivity contribution is 8.00. The molecule has 3 N–H and O–H groups in total. The van der Waals surface area contributed by atoms with Crippen LogP contribution in [0.15, 0.2) is 36.4 Å². The van der Waals surface area contributed by atoms with Gasteiger partial charge in [0.15, 0.2) is 0 Å². The molecule has 1 aliphatic heterocycles. The Balaban J connectivity index is 0.00000225. The van der Waals surface area contributed by atoms with Crippen LogP contribution >= 0.6 is 24.2 Å². The van der Waals surface area contributed by atoms with E-state index in [2.05, 4.69) is 20.6 Å². The van der Waals surface area contributed by atoms with Crippen molar-refractivity contribution < 1.29 is 9.18 Å². The van der Waals surface area contributed by atoms with Gasteiger partial charge in [0.2, 0.25) is 5.91 Å². The Morgan fingerprint density at radius 3 is 2.96 bits per heavy atom. The number of hydrogen-bond acceptors (Lipinski definition) is 4. The number of carbonyl (C=O) groups is 1. The second kappa shape index (κ2) is 8.94. The van der Waals surface area contributed by atoms with E-state index in [1.165, 1.54) is 11.8 Å². The number of H-pyrrole nitrogens is 1. The van der Waals surface area contributed by atoms with Crippen molar-refractivity contribution in [3.05, 3.63) is 59.2 Å². The number of imidazole rings is 1. The summed E-state index contributed by atoms with van der Waals surface area (Å²) < 4.78 is 14.6. The van der Waals surface area contributed by atoms with Gasteiger partial charge < -0.3 is 15.6 Å². The molecule has 0 fully saturated rings. The molecule has 1 amide bonds. The Morgan fingerprint density at radius 2 is 2.14 bits per heavy atom. The summed E-state index contributed by atoms with van der Waals surface area (Å²) >= 11 is 1.47. The van der Waals surface area contributed by atoms with Gasteiger partial charge in [0.25, 0.3) is 0 Å². The average molecular weight is 421 g/mol. The number of anilines is 1. The molecular formula is C20H22ClFN4OS. The van der Waals surface area contributed by atoms with Crippen LogP contribution in [0.1, 0.15) is 29.1 Å². The molecule has 0 radical (unpaired) electrons. The Bertz CT molecular complexity index is 960. The lowest BCUT2D eigenvalue weighted by Crippen LogP contribution is -2.25. The maximum atomic E-state index is 14.6. The van der Waals surface area contributed by atoms with Crippen molar-refractivity contribution in [2.24, 2.45) is 0 Å². The van der Waals surface area contributed by atoms with Gasteiger partial charge in [-0.2, -0.15) is 0 Å². The molecule has 1 unspecified atom stereocenters. The minimum atomic E-state index is -0.308. The maximum absolute atomic E-state index is 14.6. The molecule has 0 bridgehead atoms. The smallest absolute Gasteiger partial charge is 0.234 e. The third kappa shape index (κ3) is 4.32. The number of nitrogens with one attached hydrogen (secondary N) is 3. The first-order valence-corrected chi connectivity index (χ1v) is 10.0. The van der Waals surface area contributed by atoms with Crippen molar-refractivity contribution in [1.29, 1.82) is 0 Å². The molecule has 4 rings (SSSR count). The van der Waals surface area contributed by atoms with E-state index in [1.807, 2.05) is 37.3 Å². The number of para-hydroxylation sites is 2. The van der Waals surface area contributed by atoms with Gasteiger partial charge in [-0.3, -0.25) is 4.79 Å². The number of amides is 1. The van der Waals surface area contributed by atoms with Crippen LogP contribution in [0.5, 0.6) is 0 Å². The Kier molecular flexibility index (Phi) is 6.59. The van der Waals surface area contributed by atoms with Crippen LogP contribution in [-0.2, 0) is 17.8 Å². The van der Waals surface area contributed by atoms with E-state index in [9.17, 15) is 9.18 Å². The third-order valence-electron chi connectivity index (χ3n) is 4.74. The first kappa shape index (κ1) is 20.6. The van der Waals surface area contributed by atoms with Gasteiger partial charge in [-0.1, -0.05) is 18.2 Å². The number of aromatic nitrogens is 2. The molecule has 1 atom stereocenters. The molecule has 0 spiro atoms. The number of rotatable bonds is 5. The maximum Gasteiger partial charge on any atom is 0.234 e.